The molecule has 1 radical (unpaired) electrons. The first kappa shape index (κ1) is 19.7. The molecule has 0 aliphatic carbocycles. The van der Waals surface area contributed by atoms with Crippen molar-refractivity contribution in [3.05, 3.63) is 115 Å². The molecule has 0 atom stereocenters. The zero-order valence-electron chi connectivity index (χ0n) is 14.9. The second kappa shape index (κ2) is 9.22. The predicted octanol–water partition coefficient (Wildman–Crippen LogP) is 7.51. The summed E-state index contributed by atoms with van der Waals surface area (Å²) in [5.41, 5.74) is 13.8. The van der Waals surface area contributed by atoms with Crippen LogP contribution in [0, 0.1) is 44.1 Å². The van der Waals surface area contributed by atoms with Gasteiger partial charge in [0.15, 0.2) is 0 Å². The zero-order chi connectivity index (χ0) is 17.8. The summed E-state index contributed by atoms with van der Waals surface area (Å²) in [6, 6.07) is 36.9. The van der Waals surface area contributed by atoms with Gasteiger partial charge in [0.05, 0.1) is 0 Å². The van der Waals surface area contributed by atoms with Crippen molar-refractivity contribution in [2.24, 2.45) is 0 Å². The van der Waals surface area contributed by atoms with Crippen LogP contribution in [0.25, 0.3) is 16.9 Å². The minimum absolute atomic E-state index is 0. The van der Waals surface area contributed by atoms with E-state index in [9.17, 15) is 0 Å². The van der Waals surface area contributed by atoms with Crippen LogP contribution in [0.2, 0.25) is 0 Å². The van der Waals surface area contributed by atoms with Crippen molar-refractivity contribution >= 4 is 22.7 Å². The van der Waals surface area contributed by atoms with Crippen LogP contribution in [0.1, 0.15) is 0 Å². The fourth-order valence-corrected chi connectivity index (χ4v) is 3.07. The van der Waals surface area contributed by atoms with Crippen LogP contribution in [0.15, 0.2) is 109 Å². The topological polar surface area (TPSA) is 27.0 Å². The molecule has 0 saturated heterocycles. The van der Waals surface area contributed by atoms with E-state index >= 15 is 0 Å². The van der Waals surface area contributed by atoms with Gasteiger partial charge in [-0.3, -0.25) is 0 Å². The molecule has 129 valence electrons. The van der Waals surface area contributed by atoms with Gasteiger partial charge < -0.3 is 10.6 Å². The molecule has 4 aromatic carbocycles. The van der Waals surface area contributed by atoms with Gasteiger partial charge in [-0.25, -0.2) is 0 Å². The monoisotopic (exact) mass is 562 g/mol. The van der Waals surface area contributed by atoms with Gasteiger partial charge in [0.25, 0.3) is 0 Å². The Morgan fingerprint density at radius 1 is 0.444 bits per heavy atom. The molecule has 0 aromatic heterocycles. The van der Waals surface area contributed by atoms with Crippen LogP contribution in [0.3, 0.4) is 0 Å². The Morgan fingerprint density at radius 3 is 1.26 bits per heavy atom. The molecule has 0 unspecified atom stereocenters. The summed E-state index contributed by atoms with van der Waals surface area (Å²) in [6.07, 6.45) is 0. The molecule has 0 bridgehead atoms. The van der Waals surface area contributed by atoms with E-state index in [-0.39, 0.29) is 44.1 Å². The Balaban J connectivity index is 0.00000210. The summed E-state index contributed by atoms with van der Waals surface area (Å²) in [6.45, 7) is 0. The summed E-state index contributed by atoms with van der Waals surface area (Å²) in [7, 11) is 0. The van der Waals surface area contributed by atoms with Gasteiger partial charge in [-0.1, -0.05) is 72.8 Å². The van der Waals surface area contributed by atoms with Gasteiger partial charge in [0.1, 0.15) is 0 Å². The number of nitrogens with zero attached hydrogens (tertiary/aromatic N) is 1. The molecule has 0 fully saturated rings. The molecule has 2 nitrogen and oxygen atoms in total. The van der Waals surface area contributed by atoms with Gasteiger partial charge in [-0.15, -0.1) is 5.69 Å². The average Bonchev–Trinajstić information content (AvgIpc) is 2.71. The van der Waals surface area contributed by atoms with E-state index in [0.29, 0.717) is 5.69 Å². The maximum atomic E-state index is 7.63. The second-order valence-electron chi connectivity index (χ2n) is 6.13. The summed E-state index contributed by atoms with van der Waals surface area (Å²) >= 11 is 0. The molecular weight excluding hydrogens is 543 g/mol. The SMILES string of the molecule is [Ac].[NH-]c1ccc(-c2ccc(N(c3ccccc3)c3ccccc3)cc2)cc1. The standard InChI is InChI=1S/C24H19N2.Ac/c25-21-15-11-19(12-16-21)20-13-17-24(18-14-20)26(22-7-3-1-4-8-22)23-9-5-2-6-10-23;/h1-18,25H;/q-1;. The maximum Gasteiger partial charge on any atom is 0.0462 e. The van der Waals surface area contributed by atoms with Gasteiger partial charge in [0.2, 0.25) is 0 Å². The predicted molar refractivity (Wildman–Crippen MR) is 111 cm³/mol. The number of hydrogen-bond acceptors (Lipinski definition) is 1. The number of rotatable bonds is 4. The smallest absolute Gasteiger partial charge is 0.0462 e. The summed E-state index contributed by atoms with van der Waals surface area (Å²) < 4.78 is 0. The van der Waals surface area contributed by atoms with Crippen LogP contribution >= 0.6 is 0 Å². The van der Waals surface area contributed by atoms with Crippen LogP contribution in [-0.4, -0.2) is 0 Å². The molecule has 3 heteroatoms. The van der Waals surface area contributed by atoms with E-state index in [2.05, 4.69) is 77.7 Å². The van der Waals surface area contributed by atoms with E-state index in [4.69, 9.17) is 5.73 Å². The van der Waals surface area contributed by atoms with E-state index in [1.165, 1.54) is 0 Å². The summed E-state index contributed by atoms with van der Waals surface area (Å²) in [4.78, 5) is 2.25. The number of anilines is 3. The van der Waals surface area contributed by atoms with Crippen molar-refractivity contribution in [3.8, 4) is 11.1 Å². The van der Waals surface area contributed by atoms with Crippen LogP contribution < -0.4 is 4.90 Å². The van der Waals surface area contributed by atoms with E-state index in [1.54, 1.807) is 0 Å². The minimum Gasteiger partial charge on any atom is -0.699 e. The van der Waals surface area contributed by atoms with Gasteiger partial charge in [-0.05, 0) is 47.5 Å². The Labute approximate surface area is 196 Å². The largest absolute Gasteiger partial charge is 0.699 e. The molecule has 0 aliphatic rings. The van der Waals surface area contributed by atoms with Crippen molar-refractivity contribution < 1.29 is 44.1 Å². The average molecular weight is 562 g/mol. The summed E-state index contributed by atoms with van der Waals surface area (Å²) in [5.74, 6) is 0. The first-order chi connectivity index (χ1) is 12.8. The molecule has 0 spiro atoms. The molecule has 0 saturated carbocycles. The van der Waals surface area contributed by atoms with E-state index in [0.717, 1.165) is 28.2 Å². The molecule has 4 rings (SSSR count). The quantitative estimate of drug-likeness (QED) is 0.253. The number of para-hydroxylation sites is 2. The molecule has 0 heterocycles. The second-order valence-corrected chi connectivity index (χ2v) is 6.13. The number of nitrogens with one attached hydrogen (secondary N) is 1. The molecular formula is C24H19AcN2-. The molecule has 4 aromatic rings. The maximum absolute atomic E-state index is 7.63. The van der Waals surface area contributed by atoms with Crippen molar-refractivity contribution in [1.29, 1.82) is 0 Å². The molecule has 27 heavy (non-hydrogen) atoms. The molecule has 1 N–H and O–H groups in total. The van der Waals surface area contributed by atoms with Crippen molar-refractivity contribution in [1.82, 2.24) is 0 Å². The first-order valence-electron chi connectivity index (χ1n) is 8.63. The Kier molecular flexibility index (Phi) is 6.72. The van der Waals surface area contributed by atoms with E-state index < -0.39 is 0 Å². The van der Waals surface area contributed by atoms with Crippen molar-refractivity contribution in [3.63, 3.8) is 0 Å². The minimum atomic E-state index is 0. The van der Waals surface area contributed by atoms with Gasteiger partial charge in [0, 0.05) is 61.1 Å². The fraction of sp³-hybridized carbons (Fsp3) is 0. The third kappa shape index (κ3) is 4.61. The Morgan fingerprint density at radius 2 is 0.815 bits per heavy atom. The normalized spacial score (nSPS) is 10.1. The zero-order valence-corrected chi connectivity index (χ0v) is 19.7. The summed E-state index contributed by atoms with van der Waals surface area (Å²) in [5, 5.41) is 0. The van der Waals surface area contributed by atoms with Gasteiger partial charge >= 0.3 is 0 Å². The molecule has 0 amide bonds. The number of hydrogen-bond donors (Lipinski definition) is 0. The van der Waals surface area contributed by atoms with Crippen molar-refractivity contribution in [2.45, 2.75) is 0 Å². The Hall–Kier alpha value is -2.08. The molecule has 0 aliphatic heterocycles. The van der Waals surface area contributed by atoms with Crippen molar-refractivity contribution in [2.75, 3.05) is 4.90 Å². The Bertz CT molecular complexity index is 927. The van der Waals surface area contributed by atoms with E-state index in [1.807, 2.05) is 36.4 Å². The van der Waals surface area contributed by atoms with Crippen LogP contribution in [0.4, 0.5) is 22.7 Å². The number of benzene rings is 4. The third-order valence-electron chi connectivity index (χ3n) is 4.37. The third-order valence-corrected chi connectivity index (χ3v) is 4.37. The first-order valence-corrected chi connectivity index (χ1v) is 8.63. The van der Waals surface area contributed by atoms with Crippen LogP contribution in [-0.2, 0) is 0 Å². The van der Waals surface area contributed by atoms with Crippen LogP contribution in [0.5, 0.6) is 0 Å². The van der Waals surface area contributed by atoms with Gasteiger partial charge in [-0.2, -0.15) is 0 Å². The fourth-order valence-electron chi connectivity index (χ4n) is 3.07.